The van der Waals surface area contributed by atoms with E-state index in [2.05, 4.69) is 10.0 Å². The van der Waals surface area contributed by atoms with Crippen molar-refractivity contribution in [2.24, 2.45) is 0 Å². The quantitative estimate of drug-likeness (QED) is 0.588. The van der Waals surface area contributed by atoms with Crippen molar-refractivity contribution in [3.63, 3.8) is 0 Å². The van der Waals surface area contributed by atoms with Gasteiger partial charge in [0.2, 0.25) is 15.9 Å². The zero-order chi connectivity index (χ0) is 13.9. The molecule has 7 nitrogen and oxygen atoms in total. The Morgan fingerprint density at radius 2 is 1.82 bits per heavy atom. The highest BCUT2D eigenvalue weighted by atomic mass is 32.2. The first-order valence-corrected chi connectivity index (χ1v) is 6.85. The molecule has 0 saturated carbocycles. The Kier molecular flexibility index (Phi) is 5.09. The summed E-state index contributed by atoms with van der Waals surface area (Å²) in [6.45, 7) is 4.33. The maximum Gasteiger partial charge on any atom is 0.305 e. The van der Waals surface area contributed by atoms with Gasteiger partial charge in [0.25, 0.3) is 0 Å². The number of aliphatic carboxylic acids is 1. The Hall–Kier alpha value is -1.15. The third-order valence-corrected chi connectivity index (χ3v) is 2.75. The van der Waals surface area contributed by atoms with Crippen LogP contribution in [0.25, 0.3) is 0 Å². The molecule has 0 aromatic heterocycles. The minimum Gasteiger partial charge on any atom is -0.481 e. The summed E-state index contributed by atoms with van der Waals surface area (Å²) in [6, 6.07) is -0.569. The topological polar surface area (TPSA) is 113 Å². The van der Waals surface area contributed by atoms with Gasteiger partial charge in [0.1, 0.15) is 5.54 Å². The highest BCUT2D eigenvalue weighted by Gasteiger charge is 2.31. The minimum atomic E-state index is -3.51. The molecule has 17 heavy (non-hydrogen) atoms. The Morgan fingerprint density at radius 1 is 1.35 bits per heavy atom. The third-order valence-electron chi connectivity index (χ3n) is 1.87. The van der Waals surface area contributed by atoms with E-state index in [-0.39, 0.29) is 6.42 Å². The number of carboxylic acids is 1. The summed E-state index contributed by atoms with van der Waals surface area (Å²) in [5.74, 6) is -1.61. The van der Waals surface area contributed by atoms with Crippen LogP contribution in [0.1, 0.15) is 27.2 Å². The predicted molar refractivity (Wildman–Crippen MR) is 61.9 cm³/mol. The molecule has 1 atom stereocenters. The monoisotopic (exact) mass is 266 g/mol. The second-order valence-electron chi connectivity index (χ2n) is 4.47. The lowest BCUT2D eigenvalue weighted by atomic mass is 10.1. The molecule has 3 N–H and O–H groups in total. The Morgan fingerprint density at radius 3 is 2.18 bits per heavy atom. The van der Waals surface area contributed by atoms with Crippen molar-refractivity contribution in [2.45, 2.75) is 38.8 Å². The van der Waals surface area contributed by atoms with Crippen molar-refractivity contribution >= 4 is 21.9 Å². The lowest BCUT2D eigenvalue weighted by molar-refractivity contribution is -0.137. The molecule has 0 aliphatic heterocycles. The molecular formula is C9H18N2O5S. The van der Waals surface area contributed by atoms with Crippen LogP contribution in [0.4, 0.5) is 0 Å². The fraction of sp³-hybridized carbons (Fsp3) is 0.778. The van der Waals surface area contributed by atoms with Crippen molar-refractivity contribution in [1.29, 1.82) is 0 Å². The van der Waals surface area contributed by atoms with Gasteiger partial charge in [-0.25, -0.2) is 13.1 Å². The molecule has 0 rings (SSSR count). The van der Waals surface area contributed by atoms with Crippen molar-refractivity contribution in [3.8, 4) is 0 Å². The van der Waals surface area contributed by atoms with E-state index in [1.54, 1.807) is 0 Å². The average Bonchev–Trinajstić information content (AvgIpc) is 1.96. The van der Waals surface area contributed by atoms with Crippen LogP contribution in [0, 0.1) is 0 Å². The smallest absolute Gasteiger partial charge is 0.305 e. The SMILES string of the molecule is CC(CC(=O)O)NC(=O)C(C)(C)NS(C)(=O)=O. The Bertz CT molecular complexity index is 402. The van der Waals surface area contributed by atoms with Crippen LogP contribution < -0.4 is 10.0 Å². The van der Waals surface area contributed by atoms with Crippen LogP contribution in [-0.2, 0) is 19.6 Å². The standard InChI is InChI=1S/C9H18N2O5S/c1-6(5-7(12)13)10-8(14)9(2,3)11-17(4,15)16/h6,11H,5H2,1-4H3,(H,10,14)(H,12,13). The van der Waals surface area contributed by atoms with Crippen LogP contribution in [0.3, 0.4) is 0 Å². The van der Waals surface area contributed by atoms with Crippen LogP contribution in [0.15, 0.2) is 0 Å². The lowest BCUT2D eigenvalue weighted by Gasteiger charge is -2.25. The summed E-state index contributed by atoms with van der Waals surface area (Å²) in [5.41, 5.74) is -1.32. The molecule has 0 saturated heterocycles. The van der Waals surface area contributed by atoms with Crippen molar-refractivity contribution in [3.05, 3.63) is 0 Å². The van der Waals surface area contributed by atoms with E-state index in [9.17, 15) is 18.0 Å². The molecule has 1 amide bonds. The zero-order valence-corrected chi connectivity index (χ0v) is 11.1. The summed E-state index contributed by atoms with van der Waals surface area (Å²) in [7, 11) is -3.51. The number of nitrogens with one attached hydrogen (secondary N) is 2. The van der Waals surface area contributed by atoms with Gasteiger partial charge in [-0.05, 0) is 20.8 Å². The van der Waals surface area contributed by atoms with Crippen LogP contribution >= 0.6 is 0 Å². The molecule has 0 spiro atoms. The van der Waals surface area contributed by atoms with Gasteiger partial charge < -0.3 is 10.4 Å². The van der Waals surface area contributed by atoms with Crippen molar-refractivity contribution < 1.29 is 23.1 Å². The molecule has 100 valence electrons. The van der Waals surface area contributed by atoms with E-state index in [1.807, 2.05) is 0 Å². The molecule has 0 aliphatic carbocycles. The number of amides is 1. The average molecular weight is 266 g/mol. The maximum absolute atomic E-state index is 11.7. The zero-order valence-electron chi connectivity index (χ0n) is 10.3. The van der Waals surface area contributed by atoms with Gasteiger partial charge in [-0.15, -0.1) is 0 Å². The van der Waals surface area contributed by atoms with E-state index in [0.29, 0.717) is 0 Å². The summed E-state index contributed by atoms with van der Waals surface area (Å²) in [4.78, 5) is 22.1. The summed E-state index contributed by atoms with van der Waals surface area (Å²) in [6.07, 6.45) is 0.726. The van der Waals surface area contributed by atoms with Gasteiger partial charge in [-0.3, -0.25) is 9.59 Å². The van der Waals surface area contributed by atoms with Gasteiger partial charge in [0.15, 0.2) is 0 Å². The molecule has 0 aliphatic rings. The normalized spacial score (nSPS) is 14.1. The van der Waals surface area contributed by atoms with Gasteiger partial charge >= 0.3 is 5.97 Å². The van der Waals surface area contributed by atoms with Crippen LogP contribution in [-0.4, -0.2) is 43.2 Å². The summed E-state index contributed by atoms with van der Waals surface area (Å²) in [5, 5.41) is 11.0. The molecule has 0 aromatic rings. The van der Waals surface area contributed by atoms with E-state index in [1.165, 1.54) is 20.8 Å². The molecule has 0 aromatic carbocycles. The van der Waals surface area contributed by atoms with Gasteiger partial charge in [0.05, 0.1) is 12.7 Å². The first-order valence-electron chi connectivity index (χ1n) is 4.96. The Labute approximate surface area is 101 Å². The van der Waals surface area contributed by atoms with Crippen molar-refractivity contribution in [1.82, 2.24) is 10.0 Å². The highest BCUT2D eigenvalue weighted by molar-refractivity contribution is 7.88. The van der Waals surface area contributed by atoms with Gasteiger partial charge in [-0.2, -0.15) is 0 Å². The second kappa shape index (κ2) is 5.46. The number of rotatable bonds is 6. The third kappa shape index (κ3) is 6.90. The van der Waals surface area contributed by atoms with Gasteiger partial charge in [0, 0.05) is 6.04 Å². The largest absolute Gasteiger partial charge is 0.481 e. The molecule has 0 fully saturated rings. The summed E-state index contributed by atoms with van der Waals surface area (Å²) >= 11 is 0. The first kappa shape index (κ1) is 15.9. The fourth-order valence-electron chi connectivity index (χ4n) is 1.23. The van der Waals surface area contributed by atoms with Gasteiger partial charge in [-0.1, -0.05) is 0 Å². The number of carboxylic acid groups (broad SMARTS) is 1. The number of hydrogen-bond acceptors (Lipinski definition) is 4. The van der Waals surface area contributed by atoms with E-state index in [0.717, 1.165) is 6.26 Å². The van der Waals surface area contributed by atoms with Crippen molar-refractivity contribution in [2.75, 3.05) is 6.26 Å². The number of carbonyl (C=O) groups excluding carboxylic acids is 1. The first-order chi connectivity index (χ1) is 7.44. The maximum atomic E-state index is 11.7. The summed E-state index contributed by atoms with van der Waals surface area (Å²) < 4.78 is 24.2. The molecule has 0 bridgehead atoms. The number of carbonyl (C=O) groups is 2. The van der Waals surface area contributed by atoms with E-state index in [4.69, 9.17) is 5.11 Å². The molecule has 8 heteroatoms. The van der Waals surface area contributed by atoms with E-state index >= 15 is 0 Å². The van der Waals surface area contributed by atoms with E-state index < -0.39 is 33.5 Å². The number of hydrogen-bond donors (Lipinski definition) is 3. The molecule has 0 heterocycles. The molecule has 0 radical (unpaired) electrons. The second-order valence-corrected chi connectivity index (χ2v) is 6.22. The Balaban J connectivity index is 4.54. The highest BCUT2D eigenvalue weighted by Crippen LogP contribution is 2.05. The van der Waals surface area contributed by atoms with Crippen LogP contribution in [0.2, 0.25) is 0 Å². The molecular weight excluding hydrogens is 248 g/mol. The molecule has 1 unspecified atom stereocenters. The fourth-order valence-corrected chi connectivity index (χ4v) is 2.25. The predicted octanol–water partition coefficient (Wildman–Crippen LogP) is -0.706. The van der Waals surface area contributed by atoms with Crippen LogP contribution in [0.5, 0.6) is 0 Å². The number of sulfonamides is 1. The minimum absolute atomic E-state index is 0.222. The lowest BCUT2D eigenvalue weighted by Crippen LogP contribution is -2.56.